The molecule has 0 amide bonds. The van der Waals surface area contributed by atoms with E-state index in [1.807, 2.05) is 27.7 Å². The summed E-state index contributed by atoms with van der Waals surface area (Å²) in [5, 5.41) is 13.8. The maximum Gasteiger partial charge on any atom is 0.476 e. The van der Waals surface area contributed by atoms with Crippen molar-refractivity contribution in [3.8, 4) is 0 Å². The molecule has 1 aliphatic heterocycles. The smallest absolute Gasteiger partial charge is 0.427 e. The lowest BCUT2D eigenvalue weighted by Gasteiger charge is -2.24. The van der Waals surface area contributed by atoms with Crippen LogP contribution >= 0.6 is 0 Å². The number of hydrogen-bond donors (Lipinski definition) is 1. The van der Waals surface area contributed by atoms with E-state index in [0.29, 0.717) is 5.92 Å². The predicted molar refractivity (Wildman–Crippen MR) is 80.7 cm³/mol. The topological polar surface area (TPSA) is 79.2 Å². The minimum atomic E-state index is -3.66. The molecule has 8 heteroatoms. The Bertz CT molecular complexity index is 474. The third-order valence-electron chi connectivity index (χ3n) is 2.65. The Kier molecular flexibility index (Phi) is 6.22. The summed E-state index contributed by atoms with van der Waals surface area (Å²) < 4.78 is 30.1. The van der Waals surface area contributed by atoms with Gasteiger partial charge in [-0.15, -0.1) is 0 Å². The van der Waals surface area contributed by atoms with Gasteiger partial charge in [0.2, 0.25) is 10.0 Å². The molecule has 0 bridgehead atoms. The zero-order valence-corrected chi connectivity index (χ0v) is 13.3. The molecule has 1 N–H and O–H groups in total. The van der Waals surface area contributed by atoms with Crippen LogP contribution in [0.2, 0.25) is 0 Å². The molecule has 0 aromatic rings. The van der Waals surface area contributed by atoms with Gasteiger partial charge in [0.25, 0.3) is 0 Å². The van der Waals surface area contributed by atoms with Crippen LogP contribution in [0.1, 0.15) is 34.1 Å². The van der Waals surface area contributed by atoms with Gasteiger partial charge in [-0.3, -0.25) is 0 Å². The molecule has 0 fully saturated rings. The van der Waals surface area contributed by atoms with Crippen molar-refractivity contribution in [1.82, 2.24) is 4.33 Å². The van der Waals surface area contributed by atoms with Crippen molar-refractivity contribution >= 4 is 23.3 Å². The molecule has 114 valence electrons. The largest absolute Gasteiger partial charge is 0.476 e. The Morgan fingerprint density at radius 3 is 2.55 bits per heavy atom. The summed E-state index contributed by atoms with van der Waals surface area (Å²) >= 11 is 0. The van der Waals surface area contributed by atoms with Gasteiger partial charge in [0.1, 0.15) is 0 Å². The Morgan fingerprint density at radius 2 is 2.05 bits per heavy atom. The fourth-order valence-electron chi connectivity index (χ4n) is 1.81. The van der Waals surface area contributed by atoms with Crippen LogP contribution in [0, 0.1) is 5.92 Å². The summed E-state index contributed by atoms with van der Waals surface area (Å²) in [4.78, 5) is 0. The molecule has 1 rings (SSSR count). The van der Waals surface area contributed by atoms with E-state index >= 15 is 0 Å². The lowest BCUT2D eigenvalue weighted by molar-refractivity contribution is 0.0909. The third kappa shape index (κ3) is 5.26. The molecular weight excluding hydrogens is 279 g/mol. The molecule has 0 aromatic carbocycles. The second kappa shape index (κ2) is 7.24. The van der Waals surface area contributed by atoms with Crippen molar-refractivity contribution in [3.63, 3.8) is 0 Å². The van der Waals surface area contributed by atoms with Gasteiger partial charge in [-0.2, -0.15) is 5.10 Å². The molecule has 0 aromatic heterocycles. The van der Waals surface area contributed by atoms with E-state index in [-0.39, 0.29) is 18.5 Å². The number of rotatable bonds is 7. The summed E-state index contributed by atoms with van der Waals surface area (Å²) in [6.45, 7) is 7.85. The molecule has 1 heterocycles. The fraction of sp³-hybridized carbons (Fsp3) is 0.750. The summed E-state index contributed by atoms with van der Waals surface area (Å²) in [6.07, 6.45) is 2.22. The Hall–Kier alpha value is -0.855. The number of ether oxygens (including phenoxy) is 1. The lowest BCUT2D eigenvalue weighted by Crippen LogP contribution is -2.43. The van der Waals surface area contributed by atoms with Crippen LogP contribution in [0.25, 0.3) is 0 Å². The molecule has 20 heavy (non-hydrogen) atoms. The SMILES string of the molecule is CC(C)CC1=CB(O)N(S(=O)(=O)CCOC(C)C)N=C1. The zero-order valence-electron chi connectivity index (χ0n) is 12.5. The van der Waals surface area contributed by atoms with E-state index in [1.165, 1.54) is 12.2 Å². The molecule has 0 saturated carbocycles. The van der Waals surface area contributed by atoms with E-state index in [1.54, 1.807) is 0 Å². The minimum Gasteiger partial charge on any atom is -0.427 e. The van der Waals surface area contributed by atoms with E-state index in [4.69, 9.17) is 4.74 Å². The molecule has 0 unspecified atom stereocenters. The van der Waals surface area contributed by atoms with Gasteiger partial charge in [0.05, 0.1) is 18.5 Å². The molecule has 0 spiro atoms. The number of hydrogen-bond acceptors (Lipinski definition) is 5. The van der Waals surface area contributed by atoms with Crippen LogP contribution in [0.15, 0.2) is 16.6 Å². The van der Waals surface area contributed by atoms with Crippen LogP contribution in [0.4, 0.5) is 0 Å². The average molecular weight is 302 g/mol. The van der Waals surface area contributed by atoms with Crippen molar-refractivity contribution in [2.24, 2.45) is 11.0 Å². The van der Waals surface area contributed by atoms with E-state index < -0.39 is 17.1 Å². The normalized spacial score (nSPS) is 16.2. The number of sulfonamides is 1. The quantitative estimate of drug-likeness (QED) is 0.713. The molecule has 0 saturated heterocycles. The van der Waals surface area contributed by atoms with Gasteiger partial charge in [-0.1, -0.05) is 19.8 Å². The first-order valence-corrected chi connectivity index (χ1v) is 8.39. The molecule has 0 atom stereocenters. The summed E-state index contributed by atoms with van der Waals surface area (Å²) in [7, 11) is -4.90. The van der Waals surface area contributed by atoms with Crippen LogP contribution in [0.5, 0.6) is 0 Å². The number of hydrazone groups is 1. The van der Waals surface area contributed by atoms with Gasteiger partial charge >= 0.3 is 7.05 Å². The second-order valence-corrected chi connectivity index (χ2v) is 7.45. The van der Waals surface area contributed by atoms with Gasteiger partial charge < -0.3 is 9.76 Å². The summed E-state index contributed by atoms with van der Waals surface area (Å²) in [6, 6.07) is 0. The summed E-state index contributed by atoms with van der Waals surface area (Å²) in [5.41, 5.74) is 0.845. The standard InChI is InChI=1S/C12H23BN2O4S/c1-10(2)7-12-8-13(16)15(14-9-12)20(17,18)6-5-19-11(3)4/h8-11,16H,5-7H2,1-4H3. The van der Waals surface area contributed by atoms with Crippen molar-refractivity contribution in [3.05, 3.63) is 11.5 Å². The Labute approximate surface area is 121 Å². The summed E-state index contributed by atoms with van der Waals surface area (Å²) in [5.74, 6) is 1.74. The average Bonchev–Trinajstić information content (AvgIpc) is 2.26. The highest BCUT2D eigenvalue weighted by Crippen LogP contribution is 2.16. The Balaban J connectivity index is 2.65. The first-order chi connectivity index (χ1) is 9.22. The van der Waals surface area contributed by atoms with Gasteiger partial charge in [-0.05, 0) is 31.8 Å². The monoisotopic (exact) mass is 302 g/mol. The lowest BCUT2D eigenvalue weighted by atomic mass is 9.80. The van der Waals surface area contributed by atoms with E-state index in [2.05, 4.69) is 5.10 Å². The highest BCUT2D eigenvalue weighted by Gasteiger charge is 2.32. The first kappa shape index (κ1) is 17.2. The van der Waals surface area contributed by atoms with Crippen molar-refractivity contribution in [2.45, 2.75) is 40.2 Å². The first-order valence-electron chi connectivity index (χ1n) is 6.79. The molecule has 1 aliphatic rings. The molecule has 0 radical (unpaired) electrons. The molecule has 0 aliphatic carbocycles. The van der Waals surface area contributed by atoms with Crippen LogP contribution in [-0.4, -0.2) is 49.5 Å². The van der Waals surface area contributed by atoms with Gasteiger partial charge in [0, 0.05) is 6.21 Å². The number of allylic oxidation sites excluding steroid dienone is 1. The van der Waals surface area contributed by atoms with Gasteiger partial charge in [-0.25, -0.2) is 12.7 Å². The van der Waals surface area contributed by atoms with Crippen molar-refractivity contribution in [1.29, 1.82) is 0 Å². The van der Waals surface area contributed by atoms with E-state index in [9.17, 15) is 13.4 Å². The third-order valence-corrected chi connectivity index (χ3v) is 4.21. The second-order valence-electron chi connectivity index (χ2n) is 5.51. The van der Waals surface area contributed by atoms with Crippen LogP contribution < -0.4 is 0 Å². The maximum absolute atomic E-state index is 12.0. The Morgan fingerprint density at radius 1 is 1.40 bits per heavy atom. The minimum absolute atomic E-state index is 0.0301. The van der Waals surface area contributed by atoms with Crippen LogP contribution in [-0.2, 0) is 14.8 Å². The zero-order chi connectivity index (χ0) is 15.3. The van der Waals surface area contributed by atoms with Crippen molar-refractivity contribution < 1.29 is 18.2 Å². The van der Waals surface area contributed by atoms with Crippen molar-refractivity contribution in [2.75, 3.05) is 12.4 Å². The molecule has 6 nitrogen and oxygen atoms in total. The van der Waals surface area contributed by atoms with Crippen LogP contribution in [0.3, 0.4) is 0 Å². The highest BCUT2D eigenvalue weighted by atomic mass is 32.2. The predicted octanol–water partition coefficient (Wildman–Crippen LogP) is 1.03. The molecular formula is C12H23BN2O4S. The van der Waals surface area contributed by atoms with Gasteiger partial charge in [0.15, 0.2) is 0 Å². The van der Waals surface area contributed by atoms with E-state index in [0.717, 1.165) is 16.3 Å². The highest BCUT2D eigenvalue weighted by molar-refractivity contribution is 7.90. The fourth-order valence-corrected chi connectivity index (χ4v) is 2.88. The number of nitrogens with zero attached hydrogens (tertiary/aromatic N) is 2. The maximum atomic E-state index is 12.0.